The van der Waals surface area contributed by atoms with Gasteiger partial charge in [-0.15, -0.1) is 0 Å². The Morgan fingerprint density at radius 1 is 0.591 bits per heavy atom. The molecule has 0 bridgehead atoms. The van der Waals surface area contributed by atoms with Crippen LogP contribution in [-0.2, 0) is 0 Å². The highest BCUT2D eigenvalue weighted by Crippen LogP contribution is 2.09. The second kappa shape index (κ2) is 20.7. The average Bonchev–Trinajstić information content (AvgIpc) is 2.46. The molecule has 0 amide bonds. The van der Waals surface area contributed by atoms with E-state index in [1.165, 1.54) is 96.4 Å². The number of hydrogen-bond donors (Lipinski definition) is 1. The minimum Gasteiger partial charge on any atom is -0.870 e. The zero-order chi connectivity index (χ0) is 15.6. The molecule has 0 aromatic rings. The highest BCUT2D eigenvalue weighted by atomic mass is 16.0. The number of unbranched alkanes of at least 4 members (excludes halogenated alkanes) is 12. The molecular weight excluding hydrogens is 270 g/mol. The van der Waals surface area contributed by atoms with E-state index in [4.69, 9.17) is 0 Å². The largest absolute Gasteiger partial charge is 0.870 e. The molecule has 0 aromatic carbocycles. The summed E-state index contributed by atoms with van der Waals surface area (Å²) in [5.74, 6) is 0. The van der Waals surface area contributed by atoms with E-state index in [1.54, 1.807) is 4.90 Å². The molecule has 2 nitrogen and oxygen atoms in total. The van der Waals surface area contributed by atoms with Crippen molar-refractivity contribution in [3.63, 3.8) is 0 Å². The van der Waals surface area contributed by atoms with E-state index in [9.17, 15) is 0 Å². The fourth-order valence-corrected chi connectivity index (χ4v) is 2.73. The molecule has 0 saturated carbocycles. The van der Waals surface area contributed by atoms with Gasteiger partial charge < -0.3 is 10.4 Å². The lowest BCUT2D eigenvalue weighted by Crippen LogP contribution is -3.05. The number of allylic oxidation sites excluding steroid dienone is 2. The van der Waals surface area contributed by atoms with Gasteiger partial charge in [0.25, 0.3) is 0 Å². The minimum absolute atomic E-state index is 0. The molecule has 0 unspecified atom stereocenters. The van der Waals surface area contributed by atoms with Gasteiger partial charge in [0, 0.05) is 0 Å². The van der Waals surface area contributed by atoms with Crippen molar-refractivity contribution in [3.8, 4) is 0 Å². The van der Waals surface area contributed by atoms with Gasteiger partial charge in [0.2, 0.25) is 0 Å². The van der Waals surface area contributed by atoms with E-state index in [0.717, 1.165) is 0 Å². The van der Waals surface area contributed by atoms with E-state index in [-0.39, 0.29) is 5.48 Å². The molecule has 0 atom stereocenters. The molecule has 0 aromatic heterocycles. The van der Waals surface area contributed by atoms with Crippen molar-refractivity contribution in [1.82, 2.24) is 0 Å². The summed E-state index contributed by atoms with van der Waals surface area (Å²) in [5, 5.41) is 0. The molecule has 2 N–H and O–H groups in total. The number of quaternary nitrogens is 1. The van der Waals surface area contributed by atoms with Crippen LogP contribution in [0.3, 0.4) is 0 Å². The van der Waals surface area contributed by atoms with Gasteiger partial charge in [-0.25, -0.2) is 0 Å². The summed E-state index contributed by atoms with van der Waals surface area (Å²) >= 11 is 0. The third-order valence-electron chi connectivity index (χ3n) is 4.19. The Bertz CT molecular complexity index is 214. The molecule has 0 rings (SSSR count). The molecule has 22 heavy (non-hydrogen) atoms. The molecule has 0 aliphatic heterocycles. The Kier molecular flexibility index (Phi) is 22.5. The van der Waals surface area contributed by atoms with Crippen molar-refractivity contribution in [2.24, 2.45) is 0 Å². The highest BCUT2D eigenvalue weighted by Gasteiger charge is 1.94. The number of rotatable bonds is 16. The van der Waals surface area contributed by atoms with E-state index in [2.05, 4.69) is 33.2 Å². The van der Waals surface area contributed by atoms with E-state index >= 15 is 0 Å². The molecule has 0 radical (unpaired) electrons. The summed E-state index contributed by atoms with van der Waals surface area (Å²) in [5.41, 5.74) is 0. The van der Waals surface area contributed by atoms with Crippen LogP contribution in [0.15, 0.2) is 12.2 Å². The summed E-state index contributed by atoms with van der Waals surface area (Å²) < 4.78 is 0. The molecule has 0 spiro atoms. The van der Waals surface area contributed by atoms with Crippen LogP contribution in [0, 0.1) is 0 Å². The maximum absolute atomic E-state index is 2.42. The van der Waals surface area contributed by atoms with Crippen LogP contribution >= 0.6 is 0 Å². The van der Waals surface area contributed by atoms with Gasteiger partial charge in [0.05, 0.1) is 20.6 Å². The van der Waals surface area contributed by atoms with E-state index in [1.807, 2.05) is 0 Å². The zero-order valence-corrected chi connectivity index (χ0v) is 15.7. The summed E-state index contributed by atoms with van der Waals surface area (Å²) in [4.78, 5) is 1.59. The third-order valence-corrected chi connectivity index (χ3v) is 4.19. The normalized spacial score (nSPS) is 11.3. The molecule has 2 heteroatoms. The molecule has 0 aliphatic rings. The SMILES string of the molecule is CCCCCCCC/C=C\CCCCCCCC[NH+](C)C.[OH-]. The van der Waals surface area contributed by atoms with E-state index in [0.29, 0.717) is 0 Å². The summed E-state index contributed by atoms with van der Waals surface area (Å²) in [7, 11) is 4.50. The summed E-state index contributed by atoms with van der Waals surface area (Å²) in [6.07, 6.45) is 24.5. The molecule has 0 aliphatic carbocycles. The highest BCUT2D eigenvalue weighted by molar-refractivity contribution is 4.81. The lowest BCUT2D eigenvalue weighted by molar-refractivity contribution is -0.858. The Morgan fingerprint density at radius 3 is 1.45 bits per heavy atom. The molecule has 0 fully saturated rings. The van der Waals surface area contributed by atoms with Crippen LogP contribution in [0.5, 0.6) is 0 Å². The lowest BCUT2D eigenvalue weighted by atomic mass is 10.1. The van der Waals surface area contributed by atoms with Gasteiger partial charge in [-0.1, -0.05) is 70.4 Å². The van der Waals surface area contributed by atoms with Crippen LogP contribution in [0.2, 0.25) is 0 Å². The van der Waals surface area contributed by atoms with Gasteiger partial charge in [-0.05, 0) is 38.5 Å². The molecule has 0 saturated heterocycles. The Labute approximate surface area is 140 Å². The van der Waals surface area contributed by atoms with Crippen molar-refractivity contribution in [1.29, 1.82) is 0 Å². The predicted molar refractivity (Wildman–Crippen MR) is 99.1 cm³/mol. The van der Waals surface area contributed by atoms with Crippen molar-refractivity contribution in [2.45, 2.75) is 96.8 Å². The van der Waals surface area contributed by atoms with Crippen LogP contribution in [-0.4, -0.2) is 26.1 Å². The second-order valence-corrected chi connectivity index (χ2v) is 6.89. The Hall–Kier alpha value is -0.340. The van der Waals surface area contributed by atoms with Crippen LogP contribution in [0.25, 0.3) is 0 Å². The molecule has 0 heterocycles. The van der Waals surface area contributed by atoms with Gasteiger partial charge in [-0.3, -0.25) is 0 Å². The summed E-state index contributed by atoms with van der Waals surface area (Å²) in [6.45, 7) is 3.62. The van der Waals surface area contributed by atoms with Gasteiger partial charge in [0.15, 0.2) is 0 Å². The van der Waals surface area contributed by atoms with Gasteiger partial charge in [0.1, 0.15) is 0 Å². The standard InChI is InChI=1S/C20H41N.H2O/c1-4-5-6-7-8-9-10-11-12-13-14-15-16-17-18-19-20-21(2)3;/h11-12H,4-10,13-20H2,1-3H3;1H2/b12-11-;. The van der Waals surface area contributed by atoms with Crippen LogP contribution in [0.4, 0.5) is 0 Å². The van der Waals surface area contributed by atoms with Gasteiger partial charge >= 0.3 is 0 Å². The van der Waals surface area contributed by atoms with Crippen molar-refractivity contribution >= 4 is 0 Å². The zero-order valence-electron chi connectivity index (χ0n) is 15.7. The Balaban J connectivity index is 0. The minimum atomic E-state index is 0. The topological polar surface area (TPSA) is 34.4 Å². The smallest absolute Gasteiger partial charge is 0.0766 e. The predicted octanol–water partition coefficient (Wildman–Crippen LogP) is 4.99. The Morgan fingerprint density at radius 2 is 1.00 bits per heavy atom. The van der Waals surface area contributed by atoms with Crippen molar-refractivity contribution in [2.75, 3.05) is 20.6 Å². The quantitative estimate of drug-likeness (QED) is 0.316. The first kappa shape index (κ1) is 23.9. The third kappa shape index (κ3) is 21.9. The fourth-order valence-electron chi connectivity index (χ4n) is 2.73. The van der Waals surface area contributed by atoms with Crippen LogP contribution in [0.1, 0.15) is 96.8 Å². The fraction of sp³-hybridized carbons (Fsp3) is 0.900. The maximum Gasteiger partial charge on any atom is 0.0766 e. The van der Waals surface area contributed by atoms with Gasteiger partial charge in [-0.2, -0.15) is 0 Å². The average molecular weight is 314 g/mol. The summed E-state index contributed by atoms with van der Waals surface area (Å²) in [6, 6.07) is 0. The number of nitrogens with one attached hydrogen (secondary N) is 1. The monoisotopic (exact) mass is 313 g/mol. The van der Waals surface area contributed by atoms with Crippen molar-refractivity contribution < 1.29 is 10.4 Å². The van der Waals surface area contributed by atoms with Crippen LogP contribution < -0.4 is 4.90 Å². The second-order valence-electron chi connectivity index (χ2n) is 6.89. The molecule has 134 valence electrons. The van der Waals surface area contributed by atoms with E-state index < -0.39 is 0 Å². The molecular formula is C20H43NO. The van der Waals surface area contributed by atoms with Crippen molar-refractivity contribution in [3.05, 3.63) is 12.2 Å². The first-order valence-electron chi connectivity index (χ1n) is 9.71. The number of hydrogen-bond acceptors (Lipinski definition) is 1. The lowest BCUT2D eigenvalue weighted by Gasteiger charge is -2.06. The first-order chi connectivity index (χ1) is 10.3. The first-order valence-corrected chi connectivity index (χ1v) is 9.71. The maximum atomic E-state index is 2.42.